The average molecular weight is 307 g/mol. The van der Waals surface area contributed by atoms with Crippen LogP contribution in [0, 0.1) is 17.1 Å². The van der Waals surface area contributed by atoms with Crippen LogP contribution in [0.3, 0.4) is 0 Å². The van der Waals surface area contributed by atoms with Crippen molar-refractivity contribution in [3.8, 4) is 6.07 Å². The van der Waals surface area contributed by atoms with E-state index in [0.717, 1.165) is 24.0 Å². The second-order valence-corrected chi connectivity index (χ2v) is 5.22. The fraction of sp³-hybridized carbons (Fsp3) is 0.176. The molecule has 0 spiro atoms. The molecule has 5 nitrogen and oxygen atoms in total. The molecule has 0 fully saturated rings. The Hall–Kier alpha value is -3.07. The third-order valence-corrected chi connectivity index (χ3v) is 3.75. The molecule has 1 heterocycles. The molecule has 0 saturated carbocycles. The van der Waals surface area contributed by atoms with Crippen LogP contribution >= 0.6 is 0 Å². The van der Waals surface area contributed by atoms with Crippen molar-refractivity contribution in [1.82, 2.24) is 20.6 Å². The quantitative estimate of drug-likeness (QED) is 0.786. The van der Waals surface area contributed by atoms with Gasteiger partial charge in [-0.05, 0) is 48.2 Å². The number of rotatable bonds is 5. The van der Waals surface area contributed by atoms with Crippen molar-refractivity contribution in [2.24, 2.45) is 0 Å². The van der Waals surface area contributed by atoms with Gasteiger partial charge < -0.3 is 0 Å². The molecule has 23 heavy (non-hydrogen) atoms. The van der Waals surface area contributed by atoms with Gasteiger partial charge in [-0.25, -0.2) is 4.39 Å². The summed E-state index contributed by atoms with van der Waals surface area (Å²) >= 11 is 0. The summed E-state index contributed by atoms with van der Waals surface area (Å²) in [7, 11) is 0. The molecule has 114 valence electrons. The Balaban J connectivity index is 1.81. The van der Waals surface area contributed by atoms with Gasteiger partial charge in [0, 0.05) is 5.92 Å². The molecule has 3 rings (SSSR count). The lowest BCUT2D eigenvalue weighted by molar-refractivity contribution is 0.625. The molecule has 2 aromatic carbocycles. The molecule has 1 atom stereocenters. The number of aromatic amines is 1. The number of benzene rings is 2. The van der Waals surface area contributed by atoms with Gasteiger partial charge in [0.05, 0.1) is 11.6 Å². The Morgan fingerprint density at radius 2 is 1.83 bits per heavy atom. The van der Waals surface area contributed by atoms with Crippen LogP contribution in [0.2, 0.25) is 0 Å². The summed E-state index contributed by atoms with van der Waals surface area (Å²) in [5, 5.41) is 23.2. The topological polar surface area (TPSA) is 78.2 Å². The van der Waals surface area contributed by atoms with Gasteiger partial charge in [-0.3, -0.25) is 0 Å². The molecule has 0 saturated heterocycles. The molecule has 6 heteroatoms. The van der Waals surface area contributed by atoms with Gasteiger partial charge in [0.2, 0.25) is 0 Å². The van der Waals surface area contributed by atoms with Gasteiger partial charge in [0.15, 0.2) is 5.82 Å². The lowest BCUT2D eigenvalue weighted by Crippen LogP contribution is -2.06. The van der Waals surface area contributed by atoms with Crippen LogP contribution in [-0.2, 0) is 6.42 Å². The van der Waals surface area contributed by atoms with E-state index in [1.165, 1.54) is 12.1 Å². The van der Waals surface area contributed by atoms with Crippen molar-refractivity contribution < 1.29 is 4.39 Å². The number of tetrazole rings is 1. The van der Waals surface area contributed by atoms with Crippen LogP contribution in [0.4, 0.5) is 4.39 Å². The summed E-state index contributed by atoms with van der Waals surface area (Å²) in [5.41, 5.74) is 2.68. The third-order valence-electron chi connectivity index (χ3n) is 3.75. The highest BCUT2D eigenvalue weighted by Gasteiger charge is 2.18. The second-order valence-electron chi connectivity index (χ2n) is 5.22. The van der Waals surface area contributed by atoms with Crippen molar-refractivity contribution in [1.29, 1.82) is 5.26 Å². The first-order valence-corrected chi connectivity index (χ1v) is 7.24. The highest BCUT2D eigenvalue weighted by molar-refractivity contribution is 5.35. The van der Waals surface area contributed by atoms with Crippen LogP contribution in [0.15, 0.2) is 48.5 Å². The Kier molecular flexibility index (Phi) is 4.39. The zero-order chi connectivity index (χ0) is 16.1. The predicted molar refractivity (Wildman–Crippen MR) is 81.9 cm³/mol. The zero-order valence-electron chi connectivity index (χ0n) is 12.3. The van der Waals surface area contributed by atoms with E-state index in [1.54, 1.807) is 24.3 Å². The van der Waals surface area contributed by atoms with E-state index in [-0.39, 0.29) is 11.7 Å². The number of nitrogens with zero attached hydrogens (tertiary/aromatic N) is 4. The highest BCUT2D eigenvalue weighted by atomic mass is 19.1. The maximum Gasteiger partial charge on any atom is 0.181 e. The minimum atomic E-state index is -0.240. The lowest BCUT2D eigenvalue weighted by Gasteiger charge is -2.14. The zero-order valence-corrected chi connectivity index (χ0v) is 12.3. The van der Waals surface area contributed by atoms with Gasteiger partial charge in [0.25, 0.3) is 0 Å². The van der Waals surface area contributed by atoms with Crippen LogP contribution in [0.25, 0.3) is 0 Å². The van der Waals surface area contributed by atoms with E-state index in [2.05, 4.69) is 26.7 Å². The number of hydrogen-bond donors (Lipinski definition) is 1. The minimum Gasteiger partial charge on any atom is -0.207 e. The fourth-order valence-electron chi connectivity index (χ4n) is 2.51. The normalized spacial score (nSPS) is 11.8. The van der Waals surface area contributed by atoms with Crippen LogP contribution in [-0.4, -0.2) is 20.6 Å². The van der Waals surface area contributed by atoms with Crippen molar-refractivity contribution in [2.45, 2.75) is 18.8 Å². The SMILES string of the molecule is N#Cc1ccc(C(CCc2ccc(F)cc2)c2nn[nH]n2)cc1. The molecule has 3 aromatic rings. The van der Waals surface area contributed by atoms with Crippen LogP contribution in [0.5, 0.6) is 0 Å². The Labute approximate surface area is 132 Å². The summed E-state index contributed by atoms with van der Waals surface area (Å²) in [6.45, 7) is 0. The van der Waals surface area contributed by atoms with Crippen LogP contribution in [0.1, 0.15) is 34.9 Å². The van der Waals surface area contributed by atoms with E-state index in [9.17, 15) is 4.39 Å². The lowest BCUT2D eigenvalue weighted by atomic mass is 9.91. The van der Waals surface area contributed by atoms with Crippen molar-refractivity contribution >= 4 is 0 Å². The number of aromatic nitrogens is 4. The van der Waals surface area contributed by atoms with E-state index in [4.69, 9.17) is 5.26 Å². The van der Waals surface area contributed by atoms with E-state index < -0.39 is 0 Å². The fourth-order valence-corrected chi connectivity index (χ4v) is 2.51. The molecule has 1 unspecified atom stereocenters. The first-order chi connectivity index (χ1) is 11.3. The van der Waals surface area contributed by atoms with Gasteiger partial charge in [-0.15, -0.1) is 10.2 Å². The van der Waals surface area contributed by atoms with E-state index >= 15 is 0 Å². The minimum absolute atomic E-state index is 0.0356. The molecule has 0 aliphatic rings. The summed E-state index contributed by atoms with van der Waals surface area (Å²) < 4.78 is 13.0. The van der Waals surface area contributed by atoms with Gasteiger partial charge in [0.1, 0.15) is 5.82 Å². The first-order valence-electron chi connectivity index (χ1n) is 7.24. The largest absolute Gasteiger partial charge is 0.207 e. The first kappa shape index (κ1) is 14.9. The van der Waals surface area contributed by atoms with Crippen molar-refractivity contribution in [2.75, 3.05) is 0 Å². The molecule has 0 aliphatic heterocycles. The number of hydrogen-bond acceptors (Lipinski definition) is 4. The second kappa shape index (κ2) is 6.79. The van der Waals surface area contributed by atoms with E-state index in [0.29, 0.717) is 11.4 Å². The maximum atomic E-state index is 13.0. The molecule has 0 amide bonds. The highest BCUT2D eigenvalue weighted by Crippen LogP contribution is 2.27. The molecule has 1 aromatic heterocycles. The van der Waals surface area contributed by atoms with Crippen molar-refractivity contribution in [3.05, 3.63) is 76.9 Å². The number of aryl methyl sites for hydroxylation is 1. The molecular weight excluding hydrogens is 293 g/mol. The Morgan fingerprint density at radius 3 is 2.43 bits per heavy atom. The number of nitrogens with one attached hydrogen (secondary N) is 1. The molecular formula is C17H14FN5. The Bertz CT molecular complexity index is 789. The van der Waals surface area contributed by atoms with Gasteiger partial charge in [-0.2, -0.15) is 10.5 Å². The summed E-state index contributed by atoms with van der Waals surface area (Å²) in [6.07, 6.45) is 1.52. The standard InChI is InChI=1S/C17H14FN5/c18-15-8-3-12(4-9-15)5-10-16(17-20-22-23-21-17)14-6-1-13(11-19)2-7-14/h1-4,6-9,16H,5,10H2,(H,20,21,22,23). The third kappa shape index (κ3) is 3.58. The molecule has 0 radical (unpaired) electrons. The Morgan fingerprint density at radius 1 is 1.09 bits per heavy atom. The monoisotopic (exact) mass is 307 g/mol. The van der Waals surface area contributed by atoms with Crippen molar-refractivity contribution in [3.63, 3.8) is 0 Å². The summed E-state index contributed by atoms with van der Waals surface area (Å²) in [4.78, 5) is 0. The molecule has 1 N–H and O–H groups in total. The predicted octanol–water partition coefficient (Wildman–Crippen LogP) is 2.98. The number of H-pyrrole nitrogens is 1. The summed E-state index contributed by atoms with van der Waals surface area (Å²) in [5.74, 6) is 0.332. The maximum absolute atomic E-state index is 13.0. The average Bonchev–Trinajstić information content (AvgIpc) is 3.12. The van der Waals surface area contributed by atoms with E-state index in [1.807, 2.05) is 12.1 Å². The number of nitriles is 1. The van der Waals surface area contributed by atoms with Crippen LogP contribution < -0.4 is 0 Å². The van der Waals surface area contributed by atoms with Gasteiger partial charge >= 0.3 is 0 Å². The smallest absolute Gasteiger partial charge is 0.181 e. The molecule has 0 bridgehead atoms. The van der Waals surface area contributed by atoms with Gasteiger partial charge in [-0.1, -0.05) is 29.5 Å². The molecule has 0 aliphatic carbocycles. The number of halogens is 1. The summed E-state index contributed by atoms with van der Waals surface area (Å²) in [6, 6.07) is 16.0.